The van der Waals surface area contributed by atoms with Crippen LogP contribution in [0.4, 0.5) is 5.69 Å². The minimum Gasteiger partial charge on any atom is -0.444 e. The number of hydrogen-bond donors (Lipinski definition) is 0. The molecule has 1 aliphatic heterocycles. The summed E-state index contributed by atoms with van der Waals surface area (Å²) in [4.78, 5) is 17.9. The Labute approximate surface area is 146 Å². The van der Waals surface area contributed by atoms with Crippen molar-refractivity contribution >= 4 is 16.6 Å². The highest BCUT2D eigenvalue weighted by atomic mass is 16.4. The molecule has 0 radical (unpaired) electrons. The maximum Gasteiger partial charge on any atom is 0.208 e. The van der Waals surface area contributed by atoms with E-state index in [1.54, 1.807) is 6.33 Å². The van der Waals surface area contributed by atoms with E-state index in [4.69, 9.17) is 4.42 Å². The number of anilines is 1. The molecule has 0 amide bonds. The van der Waals surface area contributed by atoms with Crippen LogP contribution in [0.15, 0.2) is 35.1 Å². The van der Waals surface area contributed by atoms with Gasteiger partial charge in [-0.2, -0.15) is 0 Å². The second kappa shape index (κ2) is 6.11. The summed E-state index contributed by atoms with van der Waals surface area (Å²) in [5, 5.41) is 1.09. The summed E-state index contributed by atoms with van der Waals surface area (Å²) in [5.41, 5.74) is 3.43. The van der Waals surface area contributed by atoms with Gasteiger partial charge in [0.05, 0.1) is 17.8 Å². The third-order valence-corrected chi connectivity index (χ3v) is 5.22. The minimum atomic E-state index is 0.826. The number of oxazole rings is 1. The Morgan fingerprint density at radius 3 is 2.88 bits per heavy atom. The van der Waals surface area contributed by atoms with Gasteiger partial charge in [0.1, 0.15) is 12.1 Å². The lowest BCUT2D eigenvalue weighted by Gasteiger charge is -2.35. The molecule has 0 N–H and O–H groups in total. The first-order valence-electron chi connectivity index (χ1n) is 9.00. The summed E-state index contributed by atoms with van der Waals surface area (Å²) in [6, 6.07) is 6.42. The van der Waals surface area contributed by atoms with Crippen molar-refractivity contribution in [2.75, 3.05) is 31.1 Å². The minimum absolute atomic E-state index is 0.826. The molecule has 0 spiro atoms. The standard InChI is InChI=1S/C19H21N5O/c1-2-17-18(3-1)25-19(22-17)12-23-6-8-24(9-7-23)15-4-5-16-14(10-15)11-20-13-21-16/h4-5,10-11,13H,1-3,6-9,12H2. The van der Waals surface area contributed by atoms with E-state index >= 15 is 0 Å². The summed E-state index contributed by atoms with van der Waals surface area (Å²) >= 11 is 0. The van der Waals surface area contributed by atoms with Crippen LogP contribution in [-0.4, -0.2) is 46.0 Å². The van der Waals surface area contributed by atoms with Crippen LogP contribution in [0.5, 0.6) is 0 Å². The first-order valence-corrected chi connectivity index (χ1v) is 9.00. The number of piperazine rings is 1. The highest BCUT2D eigenvalue weighted by Gasteiger charge is 2.22. The Hall–Kier alpha value is -2.47. The monoisotopic (exact) mass is 335 g/mol. The molecule has 1 aliphatic carbocycles. The van der Waals surface area contributed by atoms with Crippen molar-refractivity contribution in [3.8, 4) is 0 Å². The second-order valence-corrected chi connectivity index (χ2v) is 6.86. The summed E-state index contributed by atoms with van der Waals surface area (Å²) in [5.74, 6) is 2.01. The zero-order valence-electron chi connectivity index (χ0n) is 14.2. The van der Waals surface area contributed by atoms with Crippen LogP contribution >= 0.6 is 0 Å². The smallest absolute Gasteiger partial charge is 0.208 e. The third kappa shape index (κ3) is 2.87. The van der Waals surface area contributed by atoms with Crippen molar-refractivity contribution in [2.24, 2.45) is 0 Å². The zero-order chi connectivity index (χ0) is 16.6. The average molecular weight is 335 g/mol. The molecule has 0 atom stereocenters. The fourth-order valence-corrected chi connectivity index (χ4v) is 3.84. The maximum absolute atomic E-state index is 5.91. The van der Waals surface area contributed by atoms with Gasteiger partial charge in [0.2, 0.25) is 5.89 Å². The van der Waals surface area contributed by atoms with Crippen LogP contribution in [0.2, 0.25) is 0 Å². The summed E-state index contributed by atoms with van der Waals surface area (Å²) < 4.78 is 5.91. The lowest BCUT2D eigenvalue weighted by Crippen LogP contribution is -2.46. The van der Waals surface area contributed by atoms with Crippen LogP contribution in [0.3, 0.4) is 0 Å². The van der Waals surface area contributed by atoms with Gasteiger partial charge in [0, 0.05) is 49.9 Å². The molecular formula is C19H21N5O. The van der Waals surface area contributed by atoms with Gasteiger partial charge in [0.15, 0.2) is 0 Å². The second-order valence-electron chi connectivity index (χ2n) is 6.86. The SMILES string of the molecule is c1ncc2cc(N3CCN(Cc4nc5c(o4)CCC5)CC3)ccc2n1. The van der Waals surface area contributed by atoms with Crippen molar-refractivity contribution in [3.63, 3.8) is 0 Å². The van der Waals surface area contributed by atoms with Gasteiger partial charge in [-0.25, -0.2) is 15.0 Å². The quantitative estimate of drug-likeness (QED) is 0.733. The largest absolute Gasteiger partial charge is 0.444 e. The number of rotatable bonds is 3. The third-order valence-electron chi connectivity index (χ3n) is 5.22. The van der Waals surface area contributed by atoms with Gasteiger partial charge >= 0.3 is 0 Å². The summed E-state index contributed by atoms with van der Waals surface area (Å²) in [6.07, 6.45) is 6.81. The lowest BCUT2D eigenvalue weighted by atomic mass is 10.2. The fourth-order valence-electron chi connectivity index (χ4n) is 3.84. The van der Waals surface area contributed by atoms with Gasteiger partial charge in [-0.3, -0.25) is 4.90 Å². The molecular weight excluding hydrogens is 314 g/mol. The molecule has 5 rings (SSSR count). The summed E-state index contributed by atoms with van der Waals surface area (Å²) in [6.45, 7) is 4.90. The molecule has 6 heteroatoms. The van der Waals surface area contributed by atoms with Gasteiger partial charge in [-0.15, -0.1) is 0 Å². The van der Waals surface area contributed by atoms with Gasteiger partial charge in [-0.1, -0.05) is 0 Å². The number of nitrogens with zero attached hydrogens (tertiary/aromatic N) is 5. The van der Waals surface area contributed by atoms with E-state index in [2.05, 4.69) is 43.0 Å². The summed E-state index contributed by atoms with van der Waals surface area (Å²) in [7, 11) is 0. The fraction of sp³-hybridized carbons (Fsp3) is 0.421. The normalized spacial score (nSPS) is 18.0. The van der Waals surface area contributed by atoms with Crippen LogP contribution in [0.1, 0.15) is 23.8 Å². The lowest BCUT2D eigenvalue weighted by molar-refractivity contribution is 0.224. The number of aryl methyl sites for hydroxylation is 2. The highest BCUT2D eigenvalue weighted by Crippen LogP contribution is 2.24. The van der Waals surface area contributed by atoms with E-state index in [0.717, 1.165) is 68.1 Å². The number of fused-ring (bicyclic) bond motifs is 2. The molecule has 3 heterocycles. The van der Waals surface area contributed by atoms with Crippen molar-refractivity contribution < 1.29 is 4.42 Å². The Balaban J connectivity index is 1.24. The first kappa shape index (κ1) is 14.8. The van der Waals surface area contributed by atoms with Gasteiger partial charge < -0.3 is 9.32 Å². The van der Waals surface area contributed by atoms with Crippen LogP contribution < -0.4 is 4.90 Å². The molecule has 2 aliphatic rings. The highest BCUT2D eigenvalue weighted by molar-refractivity contribution is 5.81. The van der Waals surface area contributed by atoms with Crippen LogP contribution in [0.25, 0.3) is 10.9 Å². The van der Waals surface area contributed by atoms with E-state index < -0.39 is 0 Å². The van der Waals surface area contributed by atoms with Gasteiger partial charge in [0.25, 0.3) is 0 Å². The Bertz CT molecular complexity index is 876. The molecule has 6 nitrogen and oxygen atoms in total. The van der Waals surface area contributed by atoms with E-state index in [9.17, 15) is 0 Å². The van der Waals surface area contributed by atoms with Crippen LogP contribution in [0, 0.1) is 0 Å². The van der Waals surface area contributed by atoms with Crippen molar-refractivity contribution in [1.82, 2.24) is 19.9 Å². The molecule has 2 aromatic heterocycles. The Morgan fingerprint density at radius 1 is 1.08 bits per heavy atom. The van der Waals surface area contributed by atoms with Gasteiger partial charge in [-0.05, 0) is 31.0 Å². The molecule has 0 saturated carbocycles. The van der Waals surface area contributed by atoms with E-state index in [0.29, 0.717) is 0 Å². The van der Waals surface area contributed by atoms with E-state index in [1.165, 1.54) is 17.8 Å². The molecule has 0 unspecified atom stereocenters. The number of benzene rings is 1. The Morgan fingerprint density at radius 2 is 2.00 bits per heavy atom. The number of aromatic nitrogens is 3. The van der Waals surface area contributed by atoms with Crippen molar-refractivity contribution in [1.29, 1.82) is 0 Å². The van der Waals surface area contributed by atoms with E-state index in [1.807, 2.05) is 6.20 Å². The predicted octanol–water partition coefficient (Wildman–Crippen LogP) is 2.43. The zero-order valence-corrected chi connectivity index (χ0v) is 14.2. The average Bonchev–Trinajstić information content (AvgIpc) is 3.23. The molecule has 25 heavy (non-hydrogen) atoms. The van der Waals surface area contributed by atoms with Crippen molar-refractivity contribution in [2.45, 2.75) is 25.8 Å². The van der Waals surface area contributed by atoms with E-state index in [-0.39, 0.29) is 0 Å². The first-order chi connectivity index (χ1) is 12.3. The molecule has 1 saturated heterocycles. The number of hydrogen-bond acceptors (Lipinski definition) is 6. The topological polar surface area (TPSA) is 58.3 Å². The molecule has 128 valence electrons. The molecule has 1 aromatic carbocycles. The molecule has 3 aromatic rings. The molecule has 1 fully saturated rings. The predicted molar refractivity (Wildman–Crippen MR) is 95.6 cm³/mol. The Kier molecular flexibility index (Phi) is 3.63. The maximum atomic E-state index is 5.91. The van der Waals surface area contributed by atoms with Crippen LogP contribution in [-0.2, 0) is 19.4 Å². The van der Waals surface area contributed by atoms with Crippen molar-refractivity contribution in [3.05, 3.63) is 48.1 Å². The molecule has 0 bridgehead atoms.